The minimum Gasteiger partial charge on any atom is -0.495 e. The molecule has 0 saturated carbocycles. The molecule has 4 aromatic rings. The molecular weight excluding hydrogens is 362 g/mol. The monoisotopic (exact) mass is 381 g/mol. The van der Waals surface area contributed by atoms with E-state index in [0.717, 1.165) is 5.52 Å². The van der Waals surface area contributed by atoms with Crippen LogP contribution in [0.5, 0.6) is 5.75 Å². The zero-order valence-electron chi connectivity index (χ0n) is 15.2. The maximum atomic E-state index is 11.0. The van der Waals surface area contributed by atoms with Gasteiger partial charge in [-0.05, 0) is 30.3 Å². The maximum absolute atomic E-state index is 11.0. The van der Waals surface area contributed by atoms with Gasteiger partial charge in [0, 0.05) is 14.5 Å². The van der Waals surface area contributed by atoms with Gasteiger partial charge in [0.15, 0.2) is 5.58 Å². The van der Waals surface area contributed by atoms with Gasteiger partial charge in [0.2, 0.25) is 5.89 Å². The molecule has 0 aliphatic rings. The van der Waals surface area contributed by atoms with E-state index < -0.39 is 0 Å². The highest BCUT2D eigenvalue weighted by molar-refractivity contribution is 5.91. The van der Waals surface area contributed by atoms with Gasteiger partial charge >= 0.3 is 0 Å². The Balaban J connectivity index is 0.000000209. The molecule has 0 atom stereocenters. The van der Waals surface area contributed by atoms with Gasteiger partial charge in [-0.1, -0.05) is 12.1 Å². The number of nitrogens with one attached hydrogen (secondary N) is 2. The predicted molar refractivity (Wildman–Crippen MR) is 104 cm³/mol. The SMILES string of the molecule is CNC(=O)c1ccc(OC)cn1.O=c1ccc(-c2nc3ccccc3o2)n[nH]1.[HH]. The average Bonchev–Trinajstić information content (AvgIpc) is 3.18. The van der Waals surface area contributed by atoms with Gasteiger partial charge in [-0.3, -0.25) is 9.59 Å². The molecule has 0 unspecified atom stereocenters. The molecule has 4 rings (SSSR count). The van der Waals surface area contributed by atoms with Crippen LogP contribution < -0.4 is 15.6 Å². The number of pyridine rings is 1. The van der Waals surface area contributed by atoms with Crippen molar-refractivity contribution >= 4 is 17.0 Å². The number of ether oxygens (including phenoxy) is 1. The lowest BCUT2D eigenvalue weighted by atomic mass is 10.3. The first kappa shape index (κ1) is 18.8. The van der Waals surface area contributed by atoms with E-state index in [-0.39, 0.29) is 12.9 Å². The summed E-state index contributed by atoms with van der Waals surface area (Å²) in [5.74, 6) is 0.845. The van der Waals surface area contributed by atoms with E-state index in [9.17, 15) is 9.59 Å². The number of oxazole rings is 1. The second kappa shape index (κ2) is 8.58. The third-order valence-electron chi connectivity index (χ3n) is 3.62. The lowest BCUT2D eigenvalue weighted by Gasteiger charge is -2.00. The van der Waals surface area contributed by atoms with Crippen molar-refractivity contribution in [3.8, 4) is 17.3 Å². The lowest BCUT2D eigenvalue weighted by Crippen LogP contribution is -2.18. The summed E-state index contributed by atoms with van der Waals surface area (Å²) in [4.78, 5) is 30.0. The van der Waals surface area contributed by atoms with Crippen LogP contribution in [0, 0.1) is 0 Å². The summed E-state index contributed by atoms with van der Waals surface area (Å²) in [5, 5.41) is 8.66. The maximum Gasteiger partial charge on any atom is 0.269 e. The Morgan fingerprint density at radius 1 is 1.18 bits per heavy atom. The molecule has 0 bridgehead atoms. The van der Waals surface area contributed by atoms with Crippen LogP contribution in [0.3, 0.4) is 0 Å². The van der Waals surface area contributed by atoms with Crippen molar-refractivity contribution in [3.05, 3.63) is 70.8 Å². The quantitative estimate of drug-likeness (QED) is 0.558. The molecule has 0 aliphatic heterocycles. The molecule has 28 heavy (non-hydrogen) atoms. The van der Waals surface area contributed by atoms with Gasteiger partial charge in [0.1, 0.15) is 22.7 Å². The molecule has 9 heteroatoms. The van der Waals surface area contributed by atoms with E-state index in [1.54, 1.807) is 32.4 Å². The summed E-state index contributed by atoms with van der Waals surface area (Å²) in [6, 6.07) is 13.7. The molecule has 0 fully saturated rings. The third kappa shape index (κ3) is 4.39. The topological polar surface area (TPSA) is 123 Å². The first-order chi connectivity index (χ1) is 13.6. The highest BCUT2D eigenvalue weighted by Crippen LogP contribution is 2.21. The van der Waals surface area contributed by atoms with E-state index in [0.29, 0.717) is 28.6 Å². The van der Waals surface area contributed by atoms with Crippen molar-refractivity contribution in [2.24, 2.45) is 0 Å². The zero-order chi connectivity index (χ0) is 19.9. The number of hydrogen-bond donors (Lipinski definition) is 2. The van der Waals surface area contributed by atoms with E-state index in [2.05, 4.69) is 25.5 Å². The van der Waals surface area contributed by atoms with Crippen LogP contribution >= 0.6 is 0 Å². The number of rotatable bonds is 3. The zero-order valence-corrected chi connectivity index (χ0v) is 15.2. The Bertz CT molecular complexity index is 1090. The number of fused-ring (bicyclic) bond motifs is 1. The van der Waals surface area contributed by atoms with E-state index >= 15 is 0 Å². The van der Waals surface area contributed by atoms with E-state index in [4.69, 9.17) is 9.15 Å². The smallest absolute Gasteiger partial charge is 0.269 e. The van der Waals surface area contributed by atoms with Crippen LogP contribution in [0.4, 0.5) is 0 Å². The van der Waals surface area contributed by atoms with Gasteiger partial charge in [-0.2, -0.15) is 5.10 Å². The standard InChI is InChI=1S/C11H7N3O2.C8H10N2O2.H2/c15-10-6-5-8(13-14-10)11-12-7-3-1-2-4-9(7)16-11;1-9-8(11)7-4-3-6(12-2)5-10-7;/h1-6H,(H,14,15);3-5H,1-2H3,(H,9,11);1H. The molecule has 1 aromatic carbocycles. The van der Waals surface area contributed by atoms with Crippen molar-refractivity contribution in [3.63, 3.8) is 0 Å². The lowest BCUT2D eigenvalue weighted by molar-refractivity contribution is 0.0958. The fourth-order valence-corrected chi connectivity index (χ4v) is 2.21. The summed E-state index contributed by atoms with van der Waals surface area (Å²) in [5.41, 5.74) is 2.12. The number of aromatic amines is 1. The minimum atomic E-state index is -0.250. The summed E-state index contributed by atoms with van der Waals surface area (Å²) < 4.78 is 10.4. The first-order valence-corrected chi connectivity index (χ1v) is 8.24. The number of methoxy groups -OCH3 is 1. The summed E-state index contributed by atoms with van der Waals surface area (Å²) in [6.45, 7) is 0. The highest BCUT2D eigenvalue weighted by atomic mass is 16.5. The molecule has 0 aliphatic carbocycles. The Morgan fingerprint density at radius 2 is 2.00 bits per heavy atom. The number of benzene rings is 1. The first-order valence-electron chi connectivity index (χ1n) is 8.24. The highest BCUT2D eigenvalue weighted by Gasteiger charge is 2.08. The van der Waals surface area contributed by atoms with Crippen LogP contribution in [0.15, 0.2) is 63.9 Å². The second-order valence-corrected chi connectivity index (χ2v) is 5.46. The number of H-pyrrole nitrogens is 1. The van der Waals surface area contributed by atoms with Gasteiger partial charge in [0.05, 0.1) is 13.3 Å². The van der Waals surface area contributed by atoms with Gasteiger partial charge in [0.25, 0.3) is 11.5 Å². The van der Waals surface area contributed by atoms with Crippen LogP contribution in [0.1, 0.15) is 11.9 Å². The number of hydrogen-bond acceptors (Lipinski definition) is 7. The van der Waals surface area contributed by atoms with Gasteiger partial charge < -0.3 is 14.5 Å². The number of aromatic nitrogens is 4. The molecule has 0 saturated heterocycles. The Morgan fingerprint density at radius 3 is 2.61 bits per heavy atom. The number of amides is 1. The number of nitrogens with zero attached hydrogens (tertiary/aromatic N) is 3. The molecule has 0 spiro atoms. The minimum absolute atomic E-state index is 0. The fourth-order valence-electron chi connectivity index (χ4n) is 2.21. The molecule has 3 heterocycles. The van der Waals surface area contributed by atoms with Gasteiger partial charge in [-0.25, -0.2) is 15.1 Å². The van der Waals surface area contributed by atoms with Crippen molar-refractivity contribution in [1.82, 2.24) is 25.5 Å². The Kier molecular flexibility index (Phi) is 5.75. The molecule has 0 radical (unpaired) electrons. The number of carbonyl (C=O) groups is 1. The number of carbonyl (C=O) groups excluding carboxylic acids is 1. The predicted octanol–water partition coefficient (Wildman–Crippen LogP) is 2.27. The summed E-state index contributed by atoms with van der Waals surface area (Å²) in [6.07, 6.45) is 1.50. The van der Waals surface area contributed by atoms with Crippen molar-refractivity contribution in [2.45, 2.75) is 0 Å². The van der Waals surface area contributed by atoms with Crippen molar-refractivity contribution in [1.29, 1.82) is 0 Å². The largest absolute Gasteiger partial charge is 0.495 e. The van der Waals surface area contributed by atoms with E-state index in [1.807, 2.05) is 24.3 Å². The molecule has 1 amide bonds. The summed E-state index contributed by atoms with van der Waals surface area (Å²) >= 11 is 0. The molecule has 9 nitrogen and oxygen atoms in total. The fraction of sp³-hybridized carbons (Fsp3) is 0.105. The average molecular weight is 381 g/mol. The second-order valence-electron chi connectivity index (χ2n) is 5.46. The molecule has 2 N–H and O–H groups in total. The van der Waals surface area contributed by atoms with Crippen LogP contribution in [-0.2, 0) is 0 Å². The van der Waals surface area contributed by atoms with Crippen molar-refractivity contribution in [2.75, 3.05) is 14.2 Å². The van der Waals surface area contributed by atoms with Crippen LogP contribution in [0.2, 0.25) is 0 Å². The Hall–Kier alpha value is -4.01. The number of para-hydroxylation sites is 2. The normalized spacial score (nSPS) is 10.1. The molecular formula is C19H19N5O4. The van der Waals surface area contributed by atoms with Crippen LogP contribution in [0.25, 0.3) is 22.7 Å². The van der Waals surface area contributed by atoms with Crippen LogP contribution in [-0.4, -0.2) is 40.2 Å². The van der Waals surface area contributed by atoms with Gasteiger partial charge in [-0.15, -0.1) is 0 Å². The Labute approximate surface area is 160 Å². The summed E-state index contributed by atoms with van der Waals surface area (Å²) in [7, 11) is 3.12. The third-order valence-corrected chi connectivity index (χ3v) is 3.62. The van der Waals surface area contributed by atoms with E-state index in [1.165, 1.54) is 12.3 Å². The molecule has 3 aromatic heterocycles. The molecule has 144 valence electrons. The van der Waals surface area contributed by atoms with Crippen molar-refractivity contribution < 1.29 is 15.4 Å².